The maximum absolute atomic E-state index is 12.7. The molecule has 1 aliphatic heterocycles. The lowest BCUT2D eigenvalue weighted by atomic mass is 10.1. The molecule has 0 spiro atoms. The van der Waals surface area contributed by atoms with Crippen LogP contribution in [0.4, 0.5) is 4.39 Å². The molecule has 0 fully saturated rings. The number of carbonyl (C=O) groups is 1. The predicted octanol–water partition coefficient (Wildman–Crippen LogP) is 2.18. The average Bonchev–Trinajstić information content (AvgIpc) is 2.28. The zero-order valence-electron chi connectivity index (χ0n) is 8.48. The third-order valence-electron chi connectivity index (χ3n) is 2.35. The highest BCUT2D eigenvalue weighted by Crippen LogP contribution is 2.16. The Balaban J connectivity index is 2.21. The number of Topliss-reactive ketones (excluding diaryl/α,β-unsaturated/α-hetero) is 1. The van der Waals surface area contributed by atoms with Crippen molar-refractivity contribution >= 4 is 12.0 Å². The van der Waals surface area contributed by atoms with Gasteiger partial charge in [0.15, 0.2) is 5.76 Å². The maximum atomic E-state index is 12.7. The summed E-state index contributed by atoms with van der Waals surface area (Å²) in [5.74, 6) is -0.927. The Morgan fingerprint density at radius 2 is 2.00 bits per heavy atom. The number of allylic oxidation sites excluding steroid dienone is 2. The smallest absolute Gasteiger partial charge is 0.204 e. The van der Waals surface area contributed by atoms with E-state index in [0.29, 0.717) is 12.1 Å². The van der Waals surface area contributed by atoms with Crippen molar-refractivity contribution in [2.75, 3.05) is 0 Å². The molecule has 3 nitrogen and oxygen atoms in total. The molecule has 1 N–H and O–H groups in total. The van der Waals surface area contributed by atoms with Crippen LogP contribution in [-0.4, -0.2) is 17.1 Å². The molecule has 0 bridgehead atoms. The minimum atomic E-state index is -0.327. The first kappa shape index (κ1) is 10.5. The van der Waals surface area contributed by atoms with Crippen LogP contribution < -0.4 is 0 Å². The fourth-order valence-electron chi connectivity index (χ4n) is 1.48. The second-order valence-electron chi connectivity index (χ2n) is 3.54. The molecule has 0 aromatic heterocycles. The number of aliphatic hydroxyl groups excluding tert-OH is 1. The molecule has 0 atom stereocenters. The quantitative estimate of drug-likeness (QED) is 0.828. The van der Waals surface area contributed by atoms with Gasteiger partial charge in [-0.15, -0.1) is 0 Å². The Morgan fingerprint density at radius 3 is 2.69 bits per heavy atom. The largest absolute Gasteiger partial charge is 0.503 e. The molecule has 0 aliphatic carbocycles. The summed E-state index contributed by atoms with van der Waals surface area (Å²) in [6, 6.07) is 5.87. The van der Waals surface area contributed by atoms with Crippen molar-refractivity contribution in [1.29, 1.82) is 0 Å². The minimum absolute atomic E-state index is 0.138. The summed E-state index contributed by atoms with van der Waals surface area (Å²) < 4.78 is 12.7. The molecule has 1 aromatic rings. The summed E-state index contributed by atoms with van der Waals surface area (Å²) in [6.45, 7) is 0. The number of rotatable bonds is 2. The van der Waals surface area contributed by atoms with E-state index in [9.17, 15) is 14.3 Å². The number of benzene rings is 1. The van der Waals surface area contributed by atoms with E-state index in [-0.39, 0.29) is 23.8 Å². The van der Waals surface area contributed by atoms with Gasteiger partial charge >= 0.3 is 0 Å². The van der Waals surface area contributed by atoms with Crippen LogP contribution in [0.25, 0.3) is 0 Å². The molecule has 0 unspecified atom stereocenters. The first-order chi connectivity index (χ1) is 7.66. The third kappa shape index (κ3) is 2.16. The maximum Gasteiger partial charge on any atom is 0.204 e. The Hall–Kier alpha value is -1.97. The number of hydrogen-bond acceptors (Lipinski definition) is 3. The molecule has 16 heavy (non-hydrogen) atoms. The van der Waals surface area contributed by atoms with Crippen molar-refractivity contribution in [2.24, 2.45) is 4.99 Å². The van der Waals surface area contributed by atoms with E-state index in [0.717, 1.165) is 5.56 Å². The highest BCUT2D eigenvalue weighted by Gasteiger charge is 2.16. The second-order valence-corrected chi connectivity index (χ2v) is 3.54. The lowest BCUT2D eigenvalue weighted by Gasteiger charge is -2.09. The van der Waals surface area contributed by atoms with Gasteiger partial charge in [-0.25, -0.2) is 4.39 Å². The van der Waals surface area contributed by atoms with Crippen molar-refractivity contribution in [3.05, 3.63) is 47.1 Å². The SMILES string of the molecule is O=C1CC=NC(Cc2ccc(F)cc2)=C1O. The van der Waals surface area contributed by atoms with Gasteiger partial charge in [0.1, 0.15) is 5.82 Å². The normalized spacial score (nSPS) is 15.7. The van der Waals surface area contributed by atoms with Gasteiger partial charge < -0.3 is 5.11 Å². The van der Waals surface area contributed by atoms with Crippen molar-refractivity contribution in [1.82, 2.24) is 0 Å². The molecule has 1 aliphatic rings. The molecule has 1 heterocycles. The Kier molecular flexibility index (Phi) is 2.81. The highest BCUT2D eigenvalue weighted by molar-refractivity contribution is 6.04. The zero-order valence-corrected chi connectivity index (χ0v) is 8.48. The number of carbonyl (C=O) groups excluding carboxylic acids is 1. The van der Waals surface area contributed by atoms with E-state index in [1.165, 1.54) is 18.3 Å². The van der Waals surface area contributed by atoms with Gasteiger partial charge in [-0.1, -0.05) is 12.1 Å². The van der Waals surface area contributed by atoms with Crippen molar-refractivity contribution in [3.63, 3.8) is 0 Å². The monoisotopic (exact) mass is 219 g/mol. The Bertz CT molecular complexity index is 474. The molecule has 2 rings (SSSR count). The number of nitrogens with zero attached hydrogens (tertiary/aromatic N) is 1. The number of ketones is 1. The van der Waals surface area contributed by atoms with Crippen LogP contribution in [0.1, 0.15) is 12.0 Å². The molecule has 0 saturated heterocycles. The van der Waals surface area contributed by atoms with Gasteiger partial charge in [0.05, 0.1) is 5.70 Å². The van der Waals surface area contributed by atoms with Crippen molar-refractivity contribution < 1.29 is 14.3 Å². The molecule has 0 saturated carbocycles. The third-order valence-corrected chi connectivity index (χ3v) is 2.35. The summed E-state index contributed by atoms with van der Waals surface area (Å²) >= 11 is 0. The standard InChI is InChI=1S/C12H10FNO2/c13-9-3-1-8(2-4-9)7-10-12(16)11(15)5-6-14-10/h1-4,6,16H,5,7H2. The fraction of sp³-hybridized carbons (Fsp3) is 0.167. The minimum Gasteiger partial charge on any atom is -0.503 e. The summed E-state index contributed by atoms with van der Waals surface area (Å²) in [6.07, 6.45) is 1.94. The van der Waals surface area contributed by atoms with Crippen molar-refractivity contribution in [2.45, 2.75) is 12.8 Å². The average molecular weight is 219 g/mol. The van der Waals surface area contributed by atoms with Crippen LogP contribution in [0, 0.1) is 5.82 Å². The van der Waals surface area contributed by atoms with E-state index in [1.807, 2.05) is 0 Å². The van der Waals surface area contributed by atoms with E-state index < -0.39 is 0 Å². The summed E-state index contributed by atoms with van der Waals surface area (Å²) in [5, 5.41) is 9.50. The van der Waals surface area contributed by atoms with Crippen LogP contribution in [-0.2, 0) is 11.2 Å². The van der Waals surface area contributed by atoms with Gasteiger partial charge in [-0.05, 0) is 17.7 Å². The molecule has 0 radical (unpaired) electrons. The lowest BCUT2D eigenvalue weighted by Crippen LogP contribution is -2.11. The number of aliphatic imine (C=N–C) groups is 1. The topological polar surface area (TPSA) is 49.7 Å². The Labute approximate surface area is 91.9 Å². The molecule has 4 heteroatoms. The van der Waals surface area contributed by atoms with Crippen LogP contribution in [0.2, 0.25) is 0 Å². The summed E-state index contributed by atoms with van der Waals surface area (Å²) in [4.78, 5) is 15.2. The summed E-state index contributed by atoms with van der Waals surface area (Å²) in [7, 11) is 0. The van der Waals surface area contributed by atoms with E-state index in [1.54, 1.807) is 12.1 Å². The first-order valence-electron chi connectivity index (χ1n) is 4.89. The van der Waals surface area contributed by atoms with Gasteiger partial charge in [0.2, 0.25) is 5.78 Å². The lowest BCUT2D eigenvalue weighted by molar-refractivity contribution is -0.117. The molecule has 1 aromatic carbocycles. The predicted molar refractivity (Wildman–Crippen MR) is 57.9 cm³/mol. The van der Waals surface area contributed by atoms with Gasteiger partial charge in [-0.3, -0.25) is 9.79 Å². The first-order valence-corrected chi connectivity index (χ1v) is 4.89. The van der Waals surface area contributed by atoms with Crippen LogP contribution >= 0.6 is 0 Å². The van der Waals surface area contributed by atoms with Gasteiger partial charge in [0.25, 0.3) is 0 Å². The van der Waals surface area contributed by atoms with Crippen molar-refractivity contribution in [3.8, 4) is 0 Å². The van der Waals surface area contributed by atoms with E-state index in [2.05, 4.69) is 4.99 Å². The number of halogens is 1. The van der Waals surface area contributed by atoms with E-state index in [4.69, 9.17) is 0 Å². The molecular formula is C12H10FNO2. The molecular weight excluding hydrogens is 209 g/mol. The van der Waals surface area contributed by atoms with Crippen LogP contribution in [0.3, 0.4) is 0 Å². The van der Waals surface area contributed by atoms with Gasteiger partial charge in [-0.2, -0.15) is 0 Å². The number of hydrogen-bond donors (Lipinski definition) is 1. The highest BCUT2D eigenvalue weighted by atomic mass is 19.1. The van der Waals surface area contributed by atoms with Crippen LogP contribution in [0.15, 0.2) is 40.7 Å². The molecule has 82 valence electrons. The zero-order chi connectivity index (χ0) is 11.5. The van der Waals surface area contributed by atoms with Gasteiger partial charge in [0, 0.05) is 19.1 Å². The van der Waals surface area contributed by atoms with Crippen LogP contribution in [0.5, 0.6) is 0 Å². The number of aliphatic hydroxyl groups is 1. The summed E-state index contributed by atoms with van der Waals surface area (Å²) in [5.41, 5.74) is 1.14. The Morgan fingerprint density at radius 1 is 1.31 bits per heavy atom. The second kappa shape index (κ2) is 4.26. The molecule has 0 amide bonds. The fourth-order valence-corrected chi connectivity index (χ4v) is 1.48. The van der Waals surface area contributed by atoms with E-state index >= 15 is 0 Å².